The minimum absolute atomic E-state index is 0.207. The fraction of sp³-hybridized carbons (Fsp3) is 0.154. The standard InChI is InChI=1S/C13H12BrNO3/c14-10-3-1-9(2-4-10)7-15-8-12-11(13(16)17)5-6-18-12/h1-6,15H,7-8H2,(H,16,17). The van der Waals surface area contributed by atoms with Gasteiger partial charge in [-0.3, -0.25) is 0 Å². The summed E-state index contributed by atoms with van der Waals surface area (Å²) in [5.41, 5.74) is 1.33. The molecule has 2 aromatic rings. The van der Waals surface area contributed by atoms with Crippen LogP contribution in [0.4, 0.5) is 0 Å². The number of halogens is 1. The van der Waals surface area contributed by atoms with Gasteiger partial charge in [0, 0.05) is 11.0 Å². The zero-order chi connectivity index (χ0) is 13.0. The first-order chi connectivity index (χ1) is 8.66. The van der Waals surface area contributed by atoms with E-state index in [1.165, 1.54) is 12.3 Å². The fourth-order valence-corrected chi connectivity index (χ4v) is 1.86. The first-order valence-electron chi connectivity index (χ1n) is 5.41. The molecule has 0 spiro atoms. The van der Waals surface area contributed by atoms with Crippen molar-refractivity contribution in [3.63, 3.8) is 0 Å². The van der Waals surface area contributed by atoms with Gasteiger partial charge in [-0.25, -0.2) is 4.79 Å². The molecule has 4 nitrogen and oxygen atoms in total. The Kier molecular flexibility index (Phi) is 4.17. The van der Waals surface area contributed by atoms with Gasteiger partial charge in [-0.2, -0.15) is 0 Å². The average Bonchev–Trinajstić information content (AvgIpc) is 2.80. The van der Waals surface area contributed by atoms with Crippen molar-refractivity contribution in [2.75, 3.05) is 0 Å². The van der Waals surface area contributed by atoms with Crippen LogP contribution < -0.4 is 5.32 Å². The normalized spacial score (nSPS) is 10.5. The number of furan rings is 1. The Morgan fingerprint density at radius 3 is 2.61 bits per heavy atom. The van der Waals surface area contributed by atoms with E-state index in [9.17, 15) is 4.79 Å². The molecule has 0 radical (unpaired) electrons. The van der Waals surface area contributed by atoms with Gasteiger partial charge >= 0.3 is 5.97 Å². The summed E-state index contributed by atoms with van der Waals surface area (Å²) in [7, 11) is 0. The summed E-state index contributed by atoms with van der Waals surface area (Å²) in [5.74, 6) is -0.524. The van der Waals surface area contributed by atoms with Crippen molar-refractivity contribution in [2.24, 2.45) is 0 Å². The number of rotatable bonds is 5. The highest BCUT2D eigenvalue weighted by Gasteiger charge is 2.12. The summed E-state index contributed by atoms with van der Waals surface area (Å²) in [6.45, 7) is 1.05. The van der Waals surface area contributed by atoms with Crippen LogP contribution in [0.1, 0.15) is 21.7 Å². The van der Waals surface area contributed by atoms with Crippen LogP contribution in [0.2, 0.25) is 0 Å². The summed E-state index contributed by atoms with van der Waals surface area (Å²) < 4.78 is 6.16. The van der Waals surface area contributed by atoms with Crippen molar-refractivity contribution in [1.29, 1.82) is 0 Å². The van der Waals surface area contributed by atoms with Crippen LogP contribution in [0.3, 0.4) is 0 Å². The molecular formula is C13H12BrNO3. The van der Waals surface area contributed by atoms with Gasteiger partial charge in [-0.05, 0) is 23.8 Å². The van der Waals surface area contributed by atoms with Crippen LogP contribution in [0, 0.1) is 0 Å². The van der Waals surface area contributed by atoms with Crippen molar-refractivity contribution >= 4 is 21.9 Å². The molecule has 0 atom stereocenters. The highest BCUT2D eigenvalue weighted by molar-refractivity contribution is 9.10. The Balaban J connectivity index is 1.90. The third-order valence-corrected chi connectivity index (χ3v) is 3.03. The summed E-state index contributed by atoms with van der Waals surface area (Å²) in [5, 5.41) is 12.1. The fourth-order valence-electron chi connectivity index (χ4n) is 1.59. The molecule has 0 amide bonds. The molecule has 0 saturated heterocycles. The topological polar surface area (TPSA) is 62.5 Å². The van der Waals surface area contributed by atoms with Crippen LogP contribution in [0.25, 0.3) is 0 Å². The lowest BCUT2D eigenvalue weighted by Gasteiger charge is -2.04. The SMILES string of the molecule is O=C(O)c1ccoc1CNCc1ccc(Br)cc1. The van der Waals surface area contributed by atoms with Crippen molar-refractivity contribution in [3.8, 4) is 0 Å². The van der Waals surface area contributed by atoms with E-state index in [1.54, 1.807) is 0 Å². The average molecular weight is 310 g/mol. The van der Waals surface area contributed by atoms with Crippen LogP contribution in [-0.2, 0) is 13.1 Å². The molecule has 0 aliphatic rings. The third-order valence-electron chi connectivity index (χ3n) is 2.50. The smallest absolute Gasteiger partial charge is 0.339 e. The zero-order valence-corrected chi connectivity index (χ0v) is 11.1. The lowest BCUT2D eigenvalue weighted by atomic mass is 10.2. The predicted octanol–water partition coefficient (Wildman–Crippen LogP) is 3.03. The maximum atomic E-state index is 10.9. The van der Waals surface area contributed by atoms with Crippen molar-refractivity contribution in [3.05, 3.63) is 58.0 Å². The van der Waals surface area contributed by atoms with E-state index in [-0.39, 0.29) is 5.56 Å². The largest absolute Gasteiger partial charge is 0.478 e. The van der Waals surface area contributed by atoms with E-state index < -0.39 is 5.97 Å². The highest BCUT2D eigenvalue weighted by Crippen LogP contribution is 2.12. The lowest BCUT2D eigenvalue weighted by molar-refractivity contribution is 0.0694. The molecule has 1 aromatic carbocycles. The summed E-state index contributed by atoms with van der Waals surface area (Å²) in [6, 6.07) is 9.38. The number of hydrogen-bond acceptors (Lipinski definition) is 3. The first-order valence-corrected chi connectivity index (χ1v) is 6.21. The van der Waals surface area contributed by atoms with E-state index in [0.717, 1.165) is 10.0 Å². The first kappa shape index (κ1) is 12.9. The molecule has 2 rings (SSSR count). The van der Waals surface area contributed by atoms with Gasteiger partial charge in [0.1, 0.15) is 11.3 Å². The highest BCUT2D eigenvalue weighted by atomic mass is 79.9. The molecule has 0 unspecified atom stereocenters. The Morgan fingerprint density at radius 1 is 1.22 bits per heavy atom. The lowest BCUT2D eigenvalue weighted by Crippen LogP contribution is -2.14. The molecule has 0 aliphatic heterocycles. The third kappa shape index (κ3) is 3.21. The van der Waals surface area contributed by atoms with E-state index in [4.69, 9.17) is 9.52 Å². The monoisotopic (exact) mass is 309 g/mol. The number of aromatic carboxylic acids is 1. The van der Waals surface area contributed by atoms with Gasteiger partial charge in [-0.1, -0.05) is 28.1 Å². The van der Waals surface area contributed by atoms with E-state index in [0.29, 0.717) is 18.8 Å². The number of carboxylic acids is 1. The second-order valence-corrected chi connectivity index (χ2v) is 4.71. The Hall–Kier alpha value is -1.59. The quantitative estimate of drug-likeness (QED) is 0.891. The predicted molar refractivity (Wildman–Crippen MR) is 70.4 cm³/mol. The maximum Gasteiger partial charge on any atom is 0.339 e. The van der Waals surface area contributed by atoms with Gasteiger partial charge in [0.2, 0.25) is 0 Å². The number of hydrogen-bond donors (Lipinski definition) is 2. The number of carboxylic acid groups (broad SMARTS) is 1. The van der Waals surface area contributed by atoms with E-state index >= 15 is 0 Å². The van der Waals surface area contributed by atoms with Crippen LogP contribution in [0.5, 0.6) is 0 Å². The zero-order valence-electron chi connectivity index (χ0n) is 9.52. The minimum atomic E-state index is -0.968. The molecule has 1 aromatic heterocycles. The molecule has 1 heterocycles. The summed E-state index contributed by atoms with van der Waals surface area (Å²) in [4.78, 5) is 10.9. The van der Waals surface area contributed by atoms with Crippen LogP contribution in [-0.4, -0.2) is 11.1 Å². The second kappa shape index (κ2) is 5.84. The van der Waals surface area contributed by atoms with Gasteiger partial charge in [0.05, 0.1) is 12.8 Å². The van der Waals surface area contributed by atoms with Crippen molar-refractivity contribution in [1.82, 2.24) is 5.32 Å². The summed E-state index contributed by atoms with van der Waals surface area (Å²) >= 11 is 3.37. The van der Waals surface area contributed by atoms with Crippen molar-refractivity contribution in [2.45, 2.75) is 13.1 Å². The molecule has 0 bridgehead atoms. The van der Waals surface area contributed by atoms with Crippen LogP contribution >= 0.6 is 15.9 Å². The molecule has 0 saturated carbocycles. The van der Waals surface area contributed by atoms with E-state index in [2.05, 4.69) is 21.2 Å². The van der Waals surface area contributed by atoms with E-state index in [1.807, 2.05) is 24.3 Å². The summed E-state index contributed by atoms with van der Waals surface area (Å²) in [6.07, 6.45) is 1.39. The molecule has 0 fully saturated rings. The maximum absolute atomic E-state index is 10.9. The molecule has 94 valence electrons. The van der Waals surface area contributed by atoms with Gasteiger partial charge < -0.3 is 14.8 Å². The Labute approximate surface area is 113 Å². The van der Waals surface area contributed by atoms with Gasteiger partial charge in [-0.15, -0.1) is 0 Å². The molecule has 18 heavy (non-hydrogen) atoms. The molecule has 2 N–H and O–H groups in total. The number of benzene rings is 1. The number of carbonyl (C=O) groups is 1. The van der Waals surface area contributed by atoms with Crippen molar-refractivity contribution < 1.29 is 14.3 Å². The minimum Gasteiger partial charge on any atom is -0.478 e. The molecular weight excluding hydrogens is 298 g/mol. The molecule has 5 heteroatoms. The Bertz CT molecular complexity index is 533. The number of nitrogens with one attached hydrogen (secondary N) is 1. The van der Waals surface area contributed by atoms with Gasteiger partial charge in [0.15, 0.2) is 0 Å². The second-order valence-electron chi connectivity index (χ2n) is 3.79. The Morgan fingerprint density at radius 2 is 1.94 bits per heavy atom. The van der Waals surface area contributed by atoms with Gasteiger partial charge in [0.25, 0.3) is 0 Å². The molecule has 0 aliphatic carbocycles. The van der Waals surface area contributed by atoms with Crippen LogP contribution in [0.15, 0.2) is 45.5 Å².